The van der Waals surface area contributed by atoms with Gasteiger partial charge in [0.15, 0.2) is 0 Å². The predicted octanol–water partition coefficient (Wildman–Crippen LogP) is 1.27. The molecule has 0 aromatic carbocycles. The highest BCUT2D eigenvalue weighted by Gasteiger charge is 2.13. The average Bonchev–Trinajstić information content (AvgIpc) is 2.31. The van der Waals surface area contributed by atoms with Crippen molar-refractivity contribution in [3.05, 3.63) is 11.6 Å². The number of allylic oxidation sites excluding steroid dienone is 1. The SMILES string of the molecule is [B][C@@H]1CNC/C1=C\CCC. The number of hydrogen-bond donors (Lipinski definition) is 1. The summed E-state index contributed by atoms with van der Waals surface area (Å²) in [5.41, 5.74) is 1.39. The zero-order chi connectivity index (χ0) is 7.40. The minimum absolute atomic E-state index is 0.284. The number of unbranched alkanes of at least 4 members (excludes halogenated alkanes) is 1. The van der Waals surface area contributed by atoms with E-state index in [1.165, 1.54) is 18.4 Å². The molecule has 1 rings (SSSR count). The Kier molecular flexibility index (Phi) is 3.00. The Morgan fingerprint density at radius 3 is 3.10 bits per heavy atom. The van der Waals surface area contributed by atoms with Crippen LogP contribution < -0.4 is 5.32 Å². The topological polar surface area (TPSA) is 12.0 Å². The lowest BCUT2D eigenvalue weighted by Crippen LogP contribution is -2.05. The molecule has 0 spiro atoms. The van der Waals surface area contributed by atoms with E-state index in [0.29, 0.717) is 0 Å². The van der Waals surface area contributed by atoms with Crippen LogP contribution in [0.3, 0.4) is 0 Å². The third-order valence-corrected chi connectivity index (χ3v) is 1.86. The minimum Gasteiger partial charge on any atom is -0.313 e. The van der Waals surface area contributed by atoms with Crippen molar-refractivity contribution in [2.75, 3.05) is 13.1 Å². The van der Waals surface area contributed by atoms with E-state index in [1.54, 1.807) is 0 Å². The Morgan fingerprint density at radius 2 is 2.60 bits per heavy atom. The van der Waals surface area contributed by atoms with Gasteiger partial charge in [-0.2, -0.15) is 0 Å². The first-order valence-electron chi connectivity index (χ1n) is 3.99. The standard InChI is InChI=1S/C8H14BN/c1-2-3-4-7-5-10-6-8(7)9/h4,8,10H,2-3,5-6H2,1H3/b7-4+/t8-/m1/s1. The molecule has 1 atom stereocenters. The Hall–Kier alpha value is -0.235. The first kappa shape index (κ1) is 7.87. The summed E-state index contributed by atoms with van der Waals surface area (Å²) in [7, 11) is 5.79. The largest absolute Gasteiger partial charge is 0.313 e. The lowest BCUT2D eigenvalue weighted by molar-refractivity contribution is 0.861. The monoisotopic (exact) mass is 135 g/mol. The summed E-state index contributed by atoms with van der Waals surface area (Å²) in [6, 6.07) is 0. The lowest BCUT2D eigenvalue weighted by Gasteiger charge is -2.01. The molecule has 1 nitrogen and oxygen atoms in total. The van der Waals surface area contributed by atoms with Crippen LogP contribution in [0.4, 0.5) is 0 Å². The zero-order valence-electron chi connectivity index (χ0n) is 6.56. The number of hydrogen-bond acceptors (Lipinski definition) is 1. The van der Waals surface area contributed by atoms with Gasteiger partial charge in [-0.05, 0) is 18.8 Å². The maximum absolute atomic E-state index is 5.79. The minimum atomic E-state index is 0.284. The molecule has 0 bridgehead atoms. The normalized spacial score (nSPS) is 29.7. The summed E-state index contributed by atoms with van der Waals surface area (Å²) < 4.78 is 0. The summed E-state index contributed by atoms with van der Waals surface area (Å²) in [5.74, 6) is 0.284. The summed E-state index contributed by atoms with van der Waals surface area (Å²) in [4.78, 5) is 0. The van der Waals surface area contributed by atoms with Crippen molar-refractivity contribution >= 4 is 7.85 Å². The molecule has 0 unspecified atom stereocenters. The quantitative estimate of drug-likeness (QED) is 0.444. The molecule has 1 heterocycles. The van der Waals surface area contributed by atoms with Gasteiger partial charge in [0.1, 0.15) is 0 Å². The highest BCUT2D eigenvalue weighted by molar-refractivity contribution is 6.14. The van der Waals surface area contributed by atoms with Gasteiger partial charge in [0, 0.05) is 6.54 Å². The smallest absolute Gasteiger partial charge is 0.0777 e. The molecule has 10 heavy (non-hydrogen) atoms. The van der Waals surface area contributed by atoms with Crippen LogP contribution >= 0.6 is 0 Å². The molecule has 0 aromatic heterocycles. The van der Waals surface area contributed by atoms with E-state index >= 15 is 0 Å². The summed E-state index contributed by atoms with van der Waals surface area (Å²) in [5, 5.41) is 3.24. The lowest BCUT2D eigenvalue weighted by atomic mass is 9.83. The van der Waals surface area contributed by atoms with E-state index in [9.17, 15) is 0 Å². The van der Waals surface area contributed by atoms with Crippen molar-refractivity contribution in [2.45, 2.75) is 25.6 Å². The molecule has 0 saturated carbocycles. The van der Waals surface area contributed by atoms with E-state index < -0.39 is 0 Å². The molecule has 0 amide bonds. The first-order chi connectivity index (χ1) is 4.84. The molecule has 1 fully saturated rings. The van der Waals surface area contributed by atoms with Gasteiger partial charge < -0.3 is 5.32 Å². The van der Waals surface area contributed by atoms with Gasteiger partial charge in [0.05, 0.1) is 7.85 Å². The summed E-state index contributed by atoms with van der Waals surface area (Å²) in [6.45, 7) is 4.14. The molecule has 0 aromatic rings. The van der Waals surface area contributed by atoms with Crippen LogP contribution in [0.1, 0.15) is 19.8 Å². The van der Waals surface area contributed by atoms with Gasteiger partial charge >= 0.3 is 0 Å². The molecule has 1 aliphatic heterocycles. The fourth-order valence-corrected chi connectivity index (χ4v) is 1.19. The molecular weight excluding hydrogens is 121 g/mol. The Labute approximate surface area is 64.3 Å². The van der Waals surface area contributed by atoms with E-state index in [1.807, 2.05) is 0 Å². The van der Waals surface area contributed by atoms with E-state index in [4.69, 9.17) is 7.85 Å². The Morgan fingerprint density at radius 1 is 1.80 bits per heavy atom. The molecule has 1 aliphatic rings. The van der Waals surface area contributed by atoms with Gasteiger partial charge in [-0.1, -0.05) is 25.0 Å². The highest BCUT2D eigenvalue weighted by Crippen LogP contribution is 2.18. The third kappa shape index (κ3) is 1.88. The summed E-state index contributed by atoms with van der Waals surface area (Å²) >= 11 is 0. The van der Waals surface area contributed by atoms with Crippen LogP contribution in [0.25, 0.3) is 0 Å². The predicted molar refractivity (Wildman–Crippen MR) is 45.4 cm³/mol. The third-order valence-electron chi connectivity index (χ3n) is 1.86. The Bertz CT molecular complexity index is 131. The van der Waals surface area contributed by atoms with Crippen LogP contribution in [-0.4, -0.2) is 20.9 Å². The zero-order valence-corrected chi connectivity index (χ0v) is 6.56. The second kappa shape index (κ2) is 3.82. The maximum atomic E-state index is 5.79. The Balaban J connectivity index is 2.38. The van der Waals surface area contributed by atoms with E-state index in [2.05, 4.69) is 18.3 Å². The van der Waals surface area contributed by atoms with Crippen molar-refractivity contribution in [3.8, 4) is 0 Å². The van der Waals surface area contributed by atoms with Crippen LogP contribution in [0.5, 0.6) is 0 Å². The number of nitrogens with one attached hydrogen (secondary N) is 1. The second-order valence-electron chi connectivity index (χ2n) is 2.81. The first-order valence-corrected chi connectivity index (χ1v) is 3.99. The highest BCUT2D eigenvalue weighted by atomic mass is 14.9. The fourth-order valence-electron chi connectivity index (χ4n) is 1.19. The molecule has 1 saturated heterocycles. The van der Waals surface area contributed by atoms with Crippen molar-refractivity contribution in [1.29, 1.82) is 0 Å². The van der Waals surface area contributed by atoms with Gasteiger partial charge in [-0.25, -0.2) is 0 Å². The van der Waals surface area contributed by atoms with E-state index in [-0.39, 0.29) is 5.82 Å². The van der Waals surface area contributed by atoms with Crippen LogP contribution in [0.15, 0.2) is 11.6 Å². The van der Waals surface area contributed by atoms with Gasteiger partial charge in [-0.3, -0.25) is 0 Å². The molecule has 54 valence electrons. The van der Waals surface area contributed by atoms with Gasteiger partial charge in [0.2, 0.25) is 0 Å². The fraction of sp³-hybridized carbons (Fsp3) is 0.750. The second-order valence-corrected chi connectivity index (χ2v) is 2.81. The molecular formula is C8H14BN. The average molecular weight is 135 g/mol. The van der Waals surface area contributed by atoms with Crippen molar-refractivity contribution in [3.63, 3.8) is 0 Å². The van der Waals surface area contributed by atoms with Gasteiger partial charge in [-0.15, -0.1) is 0 Å². The van der Waals surface area contributed by atoms with Crippen LogP contribution in [0.2, 0.25) is 5.82 Å². The summed E-state index contributed by atoms with van der Waals surface area (Å²) in [6.07, 6.45) is 4.66. The van der Waals surface area contributed by atoms with Gasteiger partial charge in [0.25, 0.3) is 0 Å². The molecule has 2 radical (unpaired) electrons. The molecule has 1 N–H and O–H groups in total. The van der Waals surface area contributed by atoms with Crippen LogP contribution in [-0.2, 0) is 0 Å². The van der Waals surface area contributed by atoms with Crippen LogP contribution in [0, 0.1) is 0 Å². The molecule has 2 heteroatoms. The van der Waals surface area contributed by atoms with Crippen molar-refractivity contribution < 1.29 is 0 Å². The van der Waals surface area contributed by atoms with Crippen molar-refractivity contribution in [1.82, 2.24) is 5.32 Å². The maximum Gasteiger partial charge on any atom is 0.0777 e. The molecule has 0 aliphatic carbocycles. The van der Waals surface area contributed by atoms with Crippen molar-refractivity contribution in [2.24, 2.45) is 0 Å². The van der Waals surface area contributed by atoms with E-state index in [0.717, 1.165) is 13.1 Å². The number of rotatable bonds is 2.